The van der Waals surface area contributed by atoms with E-state index in [1.54, 1.807) is 0 Å². The molecule has 1 fully saturated rings. The van der Waals surface area contributed by atoms with Crippen molar-refractivity contribution in [1.29, 1.82) is 0 Å². The van der Waals surface area contributed by atoms with Crippen LogP contribution in [0.4, 0.5) is 5.69 Å². The van der Waals surface area contributed by atoms with Gasteiger partial charge in [0.1, 0.15) is 0 Å². The maximum absolute atomic E-state index is 11.2. The number of hydrogen-bond donors (Lipinski definition) is 0. The van der Waals surface area contributed by atoms with Gasteiger partial charge in [-0.15, -0.1) is 0 Å². The van der Waals surface area contributed by atoms with Crippen LogP contribution in [0.2, 0.25) is 0 Å². The number of nitrogens with zero attached hydrogens (tertiary/aromatic N) is 1. The van der Waals surface area contributed by atoms with E-state index in [0.717, 1.165) is 18.7 Å². The third-order valence-corrected chi connectivity index (χ3v) is 3.48. The Bertz CT molecular complexity index is 378. The molecule has 2 rings (SSSR count). The quantitative estimate of drug-likeness (QED) is 0.769. The van der Waals surface area contributed by atoms with Gasteiger partial charge in [-0.2, -0.15) is 0 Å². The van der Waals surface area contributed by atoms with E-state index < -0.39 is 0 Å². The predicted octanol–water partition coefficient (Wildman–Crippen LogP) is 2.78. The van der Waals surface area contributed by atoms with Crippen LogP contribution in [0.5, 0.6) is 0 Å². The van der Waals surface area contributed by atoms with Crippen molar-refractivity contribution in [3.8, 4) is 0 Å². The fourth-order valence-electron chi connectivity index (χ4n) is 2.39. The van der Waals surface area contributed by atoms with Gasteiger partial charge in [-0.3, -0.25) is 4.79 Å². The second kappa shape index (κ2) is 6.43. The lowest BCUT2D eigenvalue weighted by Gasteiger charge is -2.22. The number of rotatable bonds is 3. The largest absolute Gasteiger partial charge is 0.469 e. The molecule has 1 aromatic rings. The van der Waals surface area contributed by atoms with Crippen LogP contribution in [0.3, 0.4) is 0 Å². The number of benzene rings is 1. The maximum atomic E-state index is 11.2. The van der Waals surface area contributed by atoms with Gasteiger partial charge in [-0.1, -0.05) is 25.0 Å². The highest BCUT2D eigenvalue weighted by molar-refractivity contribution is 5.72. The lowest BCUT2D eigenvalue weighted by atomic mass is 10.1. The van der Waals surface area contributed by atoms with Crippen LogP contribution in [-0.2, 0) is 16.0 Å². The number of carbonyl (C=O) groups excluding carboxylic acids is 1. The second-order valence-electron chi connectivity index (χ2n) is 4.82. The summed E-state index contributed by atoms with van der Waals surface area (Å²) in [6.07, 6.45) is 5.61. The van der Waals surface area contributed by atoms with Gasteiger partial charge in [0.25, 0.3) is 0 Å². The van der Waals surface area contributed by atoms with E-state index in [4.69, 9.17) is 0 Å². The van der Waals surface area contributed by atoms with Gasteiger partial charge in [0, 0.05) is 18.8 Å². The van der Waals surface area contributed by atoms with E-state index in [9.17, 15) is 4.79 Å². The smallest absolute Gasteiger partial charge is 0.309 e. The Morgan fingerprint density at radius 1 is 1.11 bits per heavy atom. The van der Waals surface area contributed by atoms with Crippen LogP contribution >= 0.6 is 0 Å². The number of methoxy groups -OCH3 is 1. The first kappa shape index (κ1) is 12.9. The van der Waals surface area contributed by atoms with Gasteiger partial charge in [0.15, 0.2) is 0 Å². The van der Waals surface area contributed by atoms with Crippen molar-refractivity contribution in [2.24, 2.45) is 0 Å². The van der Waals surface area contributed by atoms with Crippen molar-refractivity contribution in [2.75, 3.05) is 25.1 Å². The average Bonchev–Trinajstić information content (AvgIpc) is 2.68. The van der Waals surface area contributed by atoms with Crippen molar-refractivity contribution in [2.45, 2.75) is 32.1 Å². The minimum Gasteiger partial charge on any atom is -0.469 e. The van der Waals surface area contributed by atoms with Gasteiger partial charge >= 0.3 is 5.97 Å². The zero-order chi connectivity index (χ0) is 12.8. The monoisotopic (exact) mass is 247 g/mol. The fraction of sp³-hybridized carbons (Fsp3) is 0.533. The van der Waals surface area contributed by atoms with Crippen LogP contribution in [0, 0.1) is 0 Å². The number of esters is 1. The van der Waals surface area contributed by atoms with E-state index in [2.05, 4.69) is 21.8 Å². The Labute approximate surface area is 109 Å². The lowest BCUT2D eigenvalue weighted by molar-refractivity contribution is -0.139. The second-order valence-corrected chi connectivity index (χ2v) is 4.82. The molecule has 0 amide bonds. The Morgan fingerprint density at radius 2 is 1.72 bits per heavy atom. The molecule has 0 radical (unpaired) electrons. The molecule has 0 unspecified atom stereocenters. The van der Waals surface area contributed by atoms with E-state index in [0.29, 0.717) is 6.42 Å². The molecule has 0 bridgehead atoms. The normalized spacial score (nSPS) is 16.2. The van der Waals surface area contributed by atoms with Crippen LogP contribution in [0.1, 0.15) is 31.2 Å². The molecule has 1 aliphatic heterocycles. The highest BCUT2D eigenvalue weighted by Crippen LogP contribution is 2.20. The maximum Gasteiger partial charge on any atom is 0.309 e. The zero-order valence-corrected chi connectivity index (χ0v) is 11.0. The zero-order valence-electron chi connectivity index (χ0n) is 11.0. The highest BCUT2D eigenvalue weighted by atomic mass is 16.5. The summed E-state index contributed by atoms with van der Waals surface area (Å²) < 4.78 is 4.67. The van der Waals surface area contributed by atoms with Crippen molar-refractivity contribution in [1.82, 2.24) is 0 Å². The van der Waals surface area contributed by atoms with Crippen LogP contribution < -0.4 is 4.90 Å². The van der Waals surface area contributed by atoms with Crippen LogP contribution in [-0.4, -0.2) is 26.2 Å². The Kier molecular flexibility index (Phi) is 4.62. The average molecular weight is 247 g/mol. The first-order valence-electron chi connectivity index (χ1n) is 6.70. The first-order valence-corrected chi connectivity index (χ1v) is 6.70. The topological polar surface area (TPSA) is 29.5 Å². The number of carbonyl (C=O) groups is 1. The van der Waals surface area contributed by atoms with Crippen molar-refractivity contribution < 1.29 is 9.53 Å². The third kappa shape index (κ3) is 3.49. The summed E-state index contributed by atoms with van der Waals surface area (Å²) >= 11 is 0. The molecule has 3 nitrogen and oxygen atoms in total. The molecule has 0 aliphatic carbocycles. The highest BCUT2D eigenvalue weighted by Gasteiger charge is 2.10. The summed E-state index contributed by atoms with van der Waals surface area (Å²) in [5, 5.41) is 0. The summed E-state index contributed by atoms with van der Waals surface area (Å²) in [5.41, 5.74) is 2.28. The van der Waals surface area contributed by atoms with Gasteiger partial charge < -0.3 is 9.64 Å². The SMILES string of the molecule is COC(=O)Cc1ccc(N2CCCCCC2)cc1. The first-order chi connectivity index (χ1) is 8.79. The molecular formula is C15H21NO2. The molecule has 0 saturated carbocycles. The molecular weight excluding hydrogens is 226 g/mol. The van der Waals surface area contributed by atoms with Gasteiger partial charge in [-0.25, -0.2) is 0 Å². The molecule has 1 heterocycles. The minimum absolute atomic E-state index is 0.183. The molecule has 0 aromatic heterocycles. The molecule has 0 N–H and O–H groups in total. The standard InChI is InChI=1S/C15H21NO2/c1-18-15(17)12-13-6-8-14(9-7-13)16-10-4-2-3-5-11-16/h6-9H,2-5,10-12H2,1H3. The molecule has 3 heteroatoms. The summed E-state index contributed by atoms with van der Waals surface area (Å²) in [4.78, 5) is 13.6. The van der Waals surface area contributed by atoms with Crippen LogP contribution in [0.25, 0.3) is 0 Å². The summed E-state index contributed by atoms with van der Waals surface area (Å²) in [5.74, 6) is -0.183. The fourth-order valence-corrected chi connectivity index (χ4v) is 2.39. The minimum atomic E-state index is -0.183. The van der Waals surface area contributed by atoms with Gasteiger partial charge in [0.05, 0.1) is 13.5 Å². The number of hydrogen-bond acceptors (Lipinski definition) is 3. The molecule has 98 valence electrons. The van der Waals surface area contributed by atoms with Gasteiger partial charge in [-0.05, 0) is 30.5 Å². The molecule has 1 aliphatic rings. The van der Waals surface area contributed by atoms with E-state index >= 15 is 0 Å². The summed E-state index contributed by atoms with van der Waals surface area (Å²) in [7, 11) is 1.42. The third-order valence-electron chi connectivity index (χ3n) is 3.48. The van der Waals surface area contributed by atoms with Gasteiger partial charge in [0.2, 0.25) is 0 Å². The Hall–Kier alpha value is -1.51. The molecule has 0 spiro atoms. The Morgan fingerprint density at radius 3 is 2.28 bits per heavy atom. The molecule has 1 aromatic carbocycles. The molecule has 1 saturated heterocycles. The number of ether oxygens (including phenoxy) is 1. The van der Waals surface area contributed by atoms with E-state index in [1.807, 2.05) is 12.1 Å². The van der Waals surface area contributed by atoms with E-state index in [-0.39, 0.29) is 5.97 Å². The Balaban J connectivity index is 1.99. The summed E-state index contributed by atoms with van der Waals surface area (Å²) in [6.45, 7) is 2.30. The van der Waals surface area contributed by atoms with Crippen LogP contribution in [0.15, 0.2) is 24.3 Å². The summed E-state index contributed by atoms with van der Waals surface area (Å²) in [6, 6.07) is 8.28. The van der Waals surface area contributed by atoms with Crippen molar-refractivity contribution >= 4 is 11.7 Å². The predicted molar refractivity (Wildman–Crippen MR) is 72.8 cm³/mol. The molecule has 18 heavy (non-hydrogen) atoms. The lowest BCUT2D eigenvalue weighted by Crippen LogP contribution is -2.23. The molecule has 0 atom stereocenters. The van der Waals surface area contributed by atoms with Crippen molar-refractivity contribution in [3.63, 3.8) is 0 Å². The number of anilines is 1. The van der Waals surface area contributed by atoms with Crippen molar-refractivity contribution in [3.05, 3.63) is 29.8 Å². The van der Waals surface area contributed by atoms with E-state index in [1.165, 1.54) is 38.5 Å².